The zero-order valence-electron chi connectivity index (χ0n) is 16.5. The number of carbonyl (C=O) groups excluding carboxylic acids is 2. The number of nitrogens with zero attached hydrogens (tertiary/aromatic N) is 2. The van der Waals surface area contributed by atoms with E-state index in [2.05, 4.69) is 20.9 Å². The summed E-state index contributed by atoms with van der Waals surface area (Å²) in [6.07, 6.45) is 2.96. The number of carbonyl (C=O) groups is 2. The molecule has 0 bridgehead atoms. The molecule has 154 valence electrons. The molecule has 0 saturated carbocycles. The van der Waals surface area contributed by atoms with E-state index in [9.17, 15) is 9.59 Å². The maximum atomic E-state index is 12.7. The number of hydrogen-bond acceptors (Lipinski definition) is 6. The van der Waals surface area contributed by atoms with Crippen molar-refractivity contribution in [1.82, 2.24) is 9.55 Å². The van der Waals surface area contributed by atoms with E-state index in [0.29, 0.717) is 16.6 Å². The Morgan fingerprint density at radius 3 is 2.73 bits per heavy atom. The van der Waals surface area contributed by atoms with Crippen molar-refractivity contribution in [3.05, 3.63) is 75.3 Å². The fourth-order valence-corrected chi connectivity index (χ4v) is 3.73. The molecular formula is C22H19BrN2O5. The van der Waals surface area contributed by atoms with Crippen LogP contribution in [0.15, 0.2) is 47.2 Å². The third-order valence-electron chi connectivity index (χ3n) is 4.93. The average Bonchev–Trinajstić information content (AvgIpc) is 3.31. The molecule has 0 fully saturated rings. The predicted molar refractivity (Wildman–Crippen MR) is 112 cm³/mol. The van der Waals surface area contributed by atoms with Crippen LogP contribution in [0.25, 0.3) is 0 Å². The molecule has 3 heterocycles. The number of aromatic nitrogens is 2. The molecule has 0 aliphatic carbocycles. The van der Waals surface area contributed by atoms with Gasteiger partial charge in [0.05, 0.1) is 5.56 Å². The van der Waals surface area contributed by atoms with E-state index < -0.39 is 5.97 Å². The number of pyridine rings is 1. The minimum Gasteiger partial charge on any atom is -0.454 e. The fourth-order valence-electron chi connectivity index (χ4n) is 3.36. The molecule has 0 atom stereocenters. The first-order valence-corrected chi connectivity index (χ1v) is 10.1. The smallest absolute Gasteiger partial charge is 0.340 e. The minimum absolute atomic E-state index is 0.230. The first kappa shape index (κ1) is 20.2. The number of hydrogen-bond donors (Lipinski definition) is 0. The Morgan fingerprint density at radius 2 is 1.93 bits per heavy atom. The first-order chi connectivity index (χ1) is 14.4. The molecule has 0 amide bonds. The van der Waals surface area contributed by atoms with E-state index in [1.54, 1.807) is 12.3 Å². The molecule has 30 heavy (non-hydrogen) atoms. The van der Waals surface area contributed by atoms with Gasteiger partial charge < -0.3 is 18.8 Å². The Bertz CT molecular complexity index is 1140. The lowest BCUT2D eigenvalue weighted by molar-refractivity contribution is 0.0474. The summed E-state index contributed by atoms with van der Waals surface area (Å²) in [4.78, 5) is 28.8. The lowest BCUT2D eigenvalue weighted by Gasteiger charge is -2.11. The highest BCUT2D eigenvalue weighted by molar-refractivity contribution is 9.10. The highest BCUT2D eigenvalue weighted by Crippen LogP contribution is 2.33. The summed E-state index contributed by atoms with van der Waals surface area (Å²) in [6, 6.07) is 9.21. The van der Waals surface area contributed by atoms with Gasteiger partial charge in [-0.15, -0.1) is 0 Å². The third kappa shape index (κ3) is 4.09. The molecule has 0 N–H and O–H groups in total. The maximum Gasteiger partial charge on any atom is 0.340 e. The molecule has 1 aliphatic rings. The van der Waals surface area contributed by atoms with E-state index >= 15 is 0 Å². The molecule has 0 saturated heterocycles. The Hall–Kier alpha value is -3.13. The van der Waals surface area contributed by atoms with Crippen LogP contribution in [0.2, 0.25) is 0 Å². The normalized spacial score (nSPS) is 12.1. The minimum atomic E-state index is -0.591. The Labute approximate surface area is 181 Å². The van der Waals surface area contributed by atoms with Crippen molar-refractivity contribution in [3.63, 3.8) is 0 Å². The van der Waals surface area contributed by atoms with Gasteiger partial charge in [0.2, 0.25) is 12.6 Å². The molecule has 2 aromatic heterocycles. The fraction of sp³-hybridized carbons (Fsp3) is 0.227. The number of aryl methyl sites for hydroxylation is 1. The monoisotopic (exact) mass is 470 g/mol. The molecular weight excluding hydrogens is 452 g/mol. The van der Waals surface area contributed by atoms with E-state index in [4.69, 9.17) is 14.2 Å². The van der Waals surface area contributed by atoms with Crippen LogP contribution >= 0.6 is 15.9 Å². The van der Waals surface area contributed by atoms with Gasteiger partial charge in [-0.1, -0.05) is 6.07 Å². The zero-order valence-corrected chi connectivity index (χ0v) is 18.1. The highest BCUT2D eigenvalue weighted by atomic mass is 79.9. The van der Waals surface area contributed by atoms with Crippen molar-refractivity contribution in [2.24, 2.45) is 0 Å². The van der Waals surface area contributed by atoms with Crippen LogP contribution in [0.1, 0.15) is 37.7 Å². The SMILES string of the molecule is Cc1cc(C(=O)COC(=O)c2cncc(Br)c2)c(C)n1Cc1ccc2c(c1)OCO2. The molecule has 8 heteroatoms. The Kier molecular flexibility index (Phi) is 5.59. The lowest BCUT2D eigenvalue weighted by atomic mass is 10.1. The van der Waals surface area contributed by atoms with Gasteiger partial charge in [0.1, 0.15) is 0 Å². The van der Waals surface area contributed by atoms with Gasteiger partial charge >= 0.3 is 5.97 Å². The average molecular weight is 471 g/mol. The third-order valence-corrected chi connectivity index (χ3v) is 5.36. The summed E-state index contributed by atoms with van der Waals surface area (Å²) in [7, 11) is 0. The van der Waals surface area contributed by atoms with Crippen molar-refractivity contribution < 1.29 is 23.8 Å². The topological polar surface area (TPSA) is 79.7 Å². The Morgan fingerprint density at radius 1 is 1.13 bits per heavy atom. The van der Waals surface area contributed by atoms with Gasteiger partial charge in [0, 0.05) is 40.4 Å². The molecule has 0 unspecified atom stereocenters. The molecule has 0 spiro atoms. The number of benzene rings is 1. The highest BCUT2D eigenvalue weighted by Gasteiger charge is 2.19. The number of fused-ring (bicyclic) bond motifs is 1. The van der Waals surface area contributed by atoms with Crippen molar-refractivity contribution in [3.8, 4) is 11.5 Å². The van der Waals surface area contributed by atoms with Gasteiger partial charge in [-0.05, 0) is 59.6 Å². The molecule has 1 aliphatic heterocycles. The van der Waals surface area contributed by atoms with Gasteiger partial charge in [0.15, 0.2) is 18.1 Å². The predicted octanol–water partition coefficient (Wildman–Crippen LogP) is 4.08. The van der Waals surface area contributed by atoms with Crippen molar-refractivity contribution in [1.29, 1.82) is 0 Å². The quantitative estimate of drug-likeness (QED) is 0.398. The van der Waals surface area contributed by atoms with Gasteiger partial charge in [-0.2, -0.15) is 0 Å². The zero-order chi connectivity index (χ0) is 21.3. The van der Waals surface area contributed by atoms with E-state index in [0.717, 1.165) is 28.5 Å². The molecule has 7 nitrogen and oxygen atoms in total. The molecule has 4 rings (SSSR count). The van der Waals surface area contributed by atoms with Crippen LogP contribution in [0.5, 0.6) is 11.5 Å². The largest absolute Gasteiger partial charge is 0.454 e. The van der Waals surface area contributed by atoms with Crippen LogP contribution in [0.4, 0.5) is 0 Å². The van der Waals surface area contributed by atoms with E-state index in [1.165, 1.54) is 6.20 Å². The van der Waals surface area contributed by atoms with E-state index in [-0.39, 0.29) is 24.7 Å². The molecule has 3 aromatic rings. The van der Waals surface area contributed by atoms with Crippen molar-refractivity contribution in [2.45, 2.75) is 20.4 Å². The van der Waals surface area contributed by atoms with Gasteiger partial charge in [-0.3, -0.25) is 9.78 Å². The number of Topliss-reactive ketones (excluding diaryl/α,β-unsaturated/α-hetero) is 1. The van der Waals surface area contributed by atoms with Gasteiger partial charge in [0.25, 0.3) is 0 Å². The summed E-state index contributed by atoms with van der Waals surface area (Å²) in [5.41, 5.74) is 3.61. The standard InChI is InChI=1S/C22H19BrN2O5/c1-13-5-18(19(26)11-28-22(27)16-7-17(23)9-24-8-16)14(2)25(13)10-15-3-4-20-21(6-15)30-12-29-20/h3-9H,10-12H2,1-2H3. The lowest BCUT2D eigenvalue weighted by Crippen LogP contribution is -2.15. The molecule has 1 aromatic carbocycles. The first-order valence-electron chi connectivity index (χ1n) is 9.28. The van der Waals surface area contributed by atoms with Crippen LogP contribution in [-0.4, -0.2) is 34.7 Å². The number of ketones is 1. The van der Waals surface area contributed by atoms with Crippen LogP contribution in [0, 0.1) is 13.8 Å². The summed E-state index contributed by atoms with van der Waals surface area (Å²) < 4.78 is 18.7. The van der Waals surface area contributed by atoms with Gasteiger partial charge in [-0.25, -0.2) is 4.79 Å². The second kappa shape index (κ2) is 8.31. The number of halogens is 1. The number of ether oxygens (including phenoxy) is 3. The summed E-state index contributed by atoms with van der Waals surface area (Å²) in [5, 5.41) is 0. The van der Waals surface area contributed by atoms with Crippen molar-refractivity contribution in [2.75, 3.05) is 13.4 Å². The second-order valence-corrected chi connectivity index (χ2v) is 7.87. The van der Waals surface area contributed by atoms with E-state index in [1.807, 2.05) is 42.7 Å². The summed E-state index contributed by atoms with van der Waals surface area (Å²) in [6.45, 7) is 4.31. The Balaban J connectivity index is 1.46. The summed E-state index contributed by atoms with van der Waals surface area (Å²) >= 11 is 3.26. The maximum absolute atomic E-state index is 12.7. The van der Waals surface area contributed by atoms with Crippen LogP contribution in [-0.2, 0) is 11.3 Å². The van der Waals surface area contributed by atoms with Crippen LogP contribution < -0.4 is 9.47 Å². The van der Waals surface area contributed by atoms with Crippen LogP contribution in [0.3, 0.4) is 0 Å². The number of rotatable bonds is 6. The van der Waals surface area contributed by atoms with Crippen molar-refractivity contribution >= 4 is 27.7 Å². The molecule has 0 radical (unpaired) electrons. The summed E-state index contributed by atoms with van der Waals surface area (Å²) in [5.74, 6) is 0.612. The second-order valence-electron chi connectivity index (χ2n) is 6.95. The number of esters is 1.